The Kier molecular flexibility index (Phi) is 3.43. The van der Waals surface area contributed by atoms with E-state index in [1.165, 1.54) is 0 Å². The van der Waals surface area contributed by atoms with Gasteiger partial charge in [0.05, 0.1) is 12.1 Å². The van der Waals surface area contributed by atoms with Gasteiger partial charge in [0.2, 0.25) is 11.8 Å². The van der Waals surface area contributed by atoms with Crippen LogP contribution in [0.5, 0.6) is 0 Å². The summed E-state index contributed by atoms with van der Waals surface area (Å²) >= 11 is 0. The summed E-state index contributed by atoms with van der Waals surface area (Å²) in [6.45, 7) is 4.74. The first-order chi connectivity index (χ1) is 9.72. The predicted molar refractivity (Wildman–Crippen MR) is 77.0 cm³/mol. The van der Waals surface area contributed by atoms with E-state index in [1.807, 2.05) is 30.3 Å². The van der Waals surface area contributed by atoms with Crippen LogP contribution in [0, 0.1) is 0 Å². The largest absolute Gasteiger partial charge is 0.419 e. The van der Waals surface area contributed by atoms with Crippen LogP contribution < -0.4 is 5.32 Å². The van der Waals surface area contributed by atoms with Crippen molar-refractivity contribution < 1.29 is 4.42 Å². The Morgan fingerprint density at radius 1 is 1.20 bits per heavy atom. The molecule has 0 fully saturated rings. The first-order valence-electron chi connectivity index (χ1n) is 6.63. The maximum absolute atomic E-state index is 5.66. The lowest BCUT2D eigenvalue weighted by Gasteiger charge is -2.03. The Labute approximate surface area is 117 Å². The molecule has 0 radical (unpaired) electrons. The van der Waals surface area contributed by atoms with Crippen molar-refractivity contribution in [2.75, 3.05) is 0 Å². The molecule has 0 spiro atoms. The number of nitrogens with one attached hydrogen (secondary N) is 1. The van der Waals surface area contributed by atoms with Crippen LogP contribution in [0.25, 0.3) is 22.4 Å². The molecule has 0 aliphatic rings. The Bertz CT molecular complexity index is 720. The number of hydrogen-bond acceptors (Lipinski definition) is 5. The first-order valence-corrected chi connectivity index (χ1v) is 6.63. The van der Waals surface area contributed by atoms with Crippen molar-refractivity contribution in [1.29, 1.82) is 0 Å². The smallest absolute Gasteiger partial charge is 0.247 e. The van der Waals surface area contributed by atoms with E-state index in [1.54, 1.807) is 6.20 Å². The lowest BCUT2D eigenvalue weighted by molar-refractivity contribution is 0.459. The van der Waals surface area contributed by atoms with Gasteiger partial charge in [0, 0.05) is 23.2 Å². The highest BCUT2D eigenvalue weighted by Gasteiger charge is 2.09. The molecule has 2 aromatic heterocycles. The highest BCUT2D eigenvalue weighted by atomic mass is 16.4. The zero-order valence-electron chi connectivity index (χ0n) is 11.5. The summed E-state index contributed by atoms with van der Waals surface area (Å²) in [5.74, 6) is 1.14. The zero-order chi connectivity index (χ0) is 13.9. The molecule has 0 unspecified atom stereocenters. The Balaban J connectivity index is 1.87. The molecular formula is C15H16N4O. The van der Waals surface area contributed by atoms with Gasteiger partial charge in [0.1, 0.15) is 0 Å². The second-order valence-electron chi connectivity index (χ2n) is 4.95. The summed E-state index contributed by atoms with van der Waals surface area (Å²) in [7, 11) is 0. The van der Waals surface area contributed by atoms with Crippen molar-refractivity contribution in [3.8, 4) is 11.5 Å². The highest BCUT2D eigenvalue weighted by Crippen LogP contribution is 2.22. The first kappa shape index (κ1) is 12.7. The van der Waals surface area contributed by atoms with E-state index in [9.17, 15) is 0 Å². The van der Waals surface area contributed by atoms with Crippen molar-refractivity contribution >= 4 is 10.9 Å². The number of fused-ring (bicyclic) bond motifs is 1. The zero-order valence-corrected chi connectivity index (χ0v) is 11.5. The maximum atomic E-state index is 5.66. The van der Waals surface area contributed by atoms with E-state index >= 15 is 0 Å². The molecule has 5 heteroatoms. The van der Waals surface area contributed by atoms with E-state index < -0.39 is 0 Å². The summed E-state index contributed by atoms with van der Waals surface area (Å²) in [6.07, 6.45) is 1.78. The van der Waals surface area contributed by atoms with E-state index in [4.69, 9.17) is 4.42 Å². The van der Waals surface area contributed by atoms with Gasteiger partial charge >= 0.3 is 0 Å². The minimum atomic E-state index is 0.386. The lowest BCUT2D eigenvalue weighted by atomic mass is 10.1. The third-order valence-electron chi connectivity index (χ3n) is 2.98. The molecule has 0 saturated carbocycles. The molecule has 1 N–H and O–H groups in total. The van der Waals surface area contributed by atoms with Gasteiger partial charge in [-0.3, -0.25) is 4.98 Å². The van der Waals surface area contributed by atoms with Crippen LogP contribution >= 0.6 is 0 Å². The van der Waals surface area contributed by atoms with Crippen molar-refractivity contribution in [3.05, 3.63) is 42.4 Å². The van der Waals surface area contributed by atoms with Gasteiger partial charge in [-0.1, -0.05) is 19.9 Å². The summed E-state index contributed by atoms with van der Waals surface area (Å²) in [5, 5.41) is 12.5. The van der Waals surface area contributed by atoms with Crippen LogP contribution in [0.4, 0.5) is 0 Å². The molecule has 0 bridgehead atoms. The fraction of sp³-hybridized carbons (Fsp3) is 0.267. The van der Waals surface area contributed by atoms with Gasteiger partial charge < -0.3 is 9.73 Å². The molecule has 3 rings (SSSR count). The van der Waals surface area contributed by atoms with E-state index in [0.717, 1.165) is 16.5 Å². The maximum Gasteiger partial charge on any atom is 0.247 e. The second kappa shape index (κ2) is 5.38. The van der Waals surface area contributed by atoms with Crippen LogP contribution in [-0.4, -0.2) is 21.2 Å². The molecule has 0 aliphatic carbocycles. The van der Waals surface area contributed by atoms with Gasteiger partial charge in [0.25, 0.3) is 0 Å². The van der Waals surface area contributed by atoms with Gasteiger partial charge in [0.15, 0.2) is 0 Å². The summed E-state index contributed by atoms with van der Waals surface area (Å²) in [5.41, 5.74) is 1.87. The molecule has 102 valence electrons. The van der Waals surface area contributed by atoms with Gasteiger partial charge in [-0.05, 0) is 24.3 Å². The number of rotatable bonds is 4. The number of aromatic nitrogens is 3. The monoisotopic (exact) mass is 268 g/mol. The Morgan fingerprint density at radius 2 is 2.10 bits per heavy atom. The lowest BCUT2D eigenvalue weighted by Crippen LogP contribution is -2.21. The minimum absolute atomic E-state index is 0.386. The molecule has 0 aliphatic heterocycles. The molecule has 5 nitrogen and oxygen atoms in total. The number of nitrogens with zero attached hydrogens (tertiary/aromatic N) is 3. The molecular weight excluding hydrogens is 252 g/mol. The third-order valence-corrected chi connectivity index (χ3v) is 2.98. The summed E-state index contributed by atoms with van der Waals surface area (Å²) in [6, 6.07) is 10.2. The van der Waals surface area contributed by atoms with E-state index in [-0.39, 0.29) is 0 Å². The molecule has 20 heavy (non-hydrogen) atoms. The number of benzene rings is 1. The fourth-order valence-corrected chi connectivity index (χ4v) is 1.94. The van der Waals surface area contributed by atoms with Gasteiger partial charge in [-0.2, -0.15) is 0 Å². The molecule has 2 heterocycles. The standard InChI is InChI=1S/C15H16N4O/c1-10(2)17-9-14-18-19-15(20-14)12-5-6-13-11(8-12)4-3-7-16-13/h3-8,10,17H,9H2,1-2H3. The molecule has 0 amide bonds. The molecule has 0 atom stereocenters. The van der Waals surface area contributed by atoms with Gasteiger partial charge in [-0.15, -0.1) is 10.2 Å². The quantitative estimate of drug-likeness (QED) is 0.788. The Morgan fingerprint density at radius 3 is 2.95 bits per heavy atom. The normalized spacial score (nSPS) is 11.3. The van der Waals surface area contributed by atoms with Gasteiger partial charge in [-0.25, -0.2) is 0 Å². The summed E-state index contributed by atoms with van der Waals surface area (Å²) < 4.78 is 5.66. The van der Waals surface area contributed by atoms with Crippen molar-refractivity contribution in [2.24, 2.45) is 0 Å². The SMILES string of the molecule is CC(C)NCc1nnc(-c2ccc3ncccc3c2)o1. The number of pyridine rings is 1. The third kappa shape index (κ3) is 2.67. The average Bonchev–Trinajstić information content (AvgIpc) is 2.93. The highest BCUT2D eigenvalue weighted by molar-refractivity contribution is 5.82. The average molecular weight is 268 g/mol. The minimum Gasteiger partial charge on any atom is -0.419 e. The topological polar surface area (TPSA) is 63.8 Å². The Hall–Kier alpha value is -2.27. The summed E-state index contributed by atoms with van der Waals surface area (Å²) in [4.78, 5) is 4.29. The van der Waals surface area contributed by atoms with Crippen LogP contribution in [0.3, 0.4) is 0 Å². The molecule has 3 aromatic rings. The van der Waals surface area contributed by atoms with Crippen molar-refractivity contribution in [1.82, 2.24) is 20.5 Å². The molecule has 0 saturated heterocycles. The predicted octanol–water partition coefficient (Wildman–Crippen LogP) is 2.78. The van der Waals surface area contributed by atoms with E-state index in [2.05, 4.69) is 34.3 Å². The van der Waals surface area contributed by atoms with Crippen molar-refractivity contribution in [2.45, 2.75) is 26.4 Å². The van der Waals surface area contributed by atoms with Crippen LogP contribution in [-0.2, 0) is 6.54 Å². The van der Waals surface area contributed by atoms with Crippen molar-refractivity contribution in [3.63, 3.8) is 0 Å². The molecule has 1 aromatic carbocycles. The number of hydrogen-bond donors (Lipinski definition) is 1. The fourth-order valence-electron chi connectivity index (χ4n) is 1.94. The second-order valence-corrected chi connectivity index (χ2v) is 4.95. The van der Waals surface area contributed by atoms with Crippen LogP contribution in [0.15, 0.2) is 40.9 Å². The van der Waals surface area contributed by atoms with Crippen LogP contribution in [0.1, 0.15) is 19.7 Å². The van der Waals surface area contributed by atoms with E-state index in [0.29, 0.717) is 24.4 Å². The van der Waals surface area contributed by atoms with Crippen LogP contribution in [0.2, 0.25) is 0 Å².